The molecule has 118 valence electrons. The lowest BCUT2D eigenvalue weighted by Crippen LogP contribution is -2.27. The maximum absolute atomic E-state index is 12.1. The number of hydrogen-bond acceptors (Lipinski definition) is 5. The molecular formula is C17H16N2O3S. The van der Waals surface area contributed by atoms with Gasteiger partial charge in [0.05, 0.1) is 6.61 Å². The number of oxazole rings is 1. The number of para-hydroxylation sites is 2. The molecule has 0 aliphatic rings. The second-order valence-electron chi connectivity index (χ2n) is 4.87. The van der Waals surface area contributed by atoms with Crippen molar-refractivity contribution in [3.8, 4) is 0 Å². The van der Waals surface area contributed by atoms with Crippen LogP contribution in [0.25, 0.3) is 11.1 Å². The summed E-state index contributed by atoms with van der Waals surface area (Å²) in [5.41, 5.74) is 3.08. The number of rotatable bonds is 6. The topological polar surface area (TPSA) is 75.4 Å². The van der Waals surface area contributed by atoms with Crippen molar-refractivity contribution in [3.63, 3.8) is 0 Å². The zero-order valence-electron chi connectivity index (χ0n) is 12.4. The Morgan fingerprint density at radius 2 is 1.96 bits per heavy atom. The molecule has 2 N–H and O–H groups in total. The number of nitrogens with zero attached hydrogens (tertiary/aromatic N) is 1. The van der Waals surface area contributed by atoms with E-state index in [9.17, 15) is 4.79 Å². The number of hydrogen-bond donors (Lipinski definition) is 2. The van der Waals surface area contributed by atoms with Crippen molar-refractivity contribution >= 4 is 28.8 Å². The Bertz CT molecular complexity index is 783. The summed E-state index contributed by atoms with van der Waals surface area (Å²) in [5, 5.41) is 12.1. The van der Waals surface area contributed by atoms with E-state index in [0.717, 1.165) is 16.7 Å². The van der Waals surface area contributed by atoms with Crippen LogP contribution in [0.1, 0.15) is 15.9 Å². The average molecular weight is 328 g/mol. The van der Waals surface area contributed by atoms with Crippen molar-refractivity contribution in [2.24, 2.45) is 0 Å². The van der Waals surface area contributed by atoms with E-state index in [2.05, 4.69) is 10.3 Å². The highest BCUT2D eigenvalue weighted by Crippen LogP contribution is 2.27. The van der Waals surface area contributed by atoms with Gasteiger partial charge in [-0.1, -0.05) is 42.1 Å². The summed E-state index contributed by atoms with van der Waals surface area (Å²) >= 11 is 1.45. The molecule has 0 unspecified atom stereocenters. The minimum atomic E-state index is -0.187. The summed E-state index contributed by atoms with van der Waals surface area (Å²) in [6.07, 6.45) is 0. The predicted octanol–water partition coefficient (Wildman–Crippen LogP) is 2.84. The Kier molecular flexibility index (Phi) is 4.95. The molecule has 0 bridgehead atoms. The summed E-state index contributed by atoms with van der Waals surface area (Å²) in [6, 6.07) is 15.0. The van der Waals surface area contributed by atoms with Gasteiger partial charge in [-0.05, 0) is 23.8 Å². The van der Waals surface area contributed by atoms with Gasteiger partial charge in [0.1, 0.15) is 5.52 Å². The highest BCUT2D eigenvalue weighted by atomic mass is 32.2. The third kappa shape index (κ3) is 3.72. The Morgan fingerprint density at radius 1 is 1.17 bits per heavy atom. The number of aliphatic hydroxyl groups excluding tert-OH is 1. The summed E-state index contributed by atoms with van der Waals surface area (Å²) in [5.74, 6) is 0.392. The molecule has 0 aliphatic heterocycles. The lowest BCUT2D eigenvalue weighted by atomic mass is 10.1. The average Bonchev–Trinajstić information content (AvgIpc) is 3.01. The van der Waals surface area contributed by atoms with Crippen molar-refractivity contribution in [1.29, 1.82) is 0 Å². The molecule has 0 radical (unpaired) electrons. The Labute approximate surface area is 137 Å². The first-order chi connectivity index (χ1) is 11.3. The van der Waals surface area contributed by atoms with E-state index < -0.39 is 0 Å². The maximum Gasteiger partial charge on any atom is 0.257 e. The van der Waals surface area contributed by atoms with Crippen molar-refractivity contribution in [3.05, 3.63) is 59.7 Å². The van der Waals surface area contributed by atoms with Gasteiger partial charge >= 0.3 is 0 Å². The fourth-order valence-corrected chi connectivity index (χ4v) is 3.03. The van der Waals surface area contributed by atoms with Crippen molar-refractivity contribution in [2.75, 3.05) is 13.2 Å². The molecular weight excluding hydrogens is 312 g/mol. The number of carbonyl (C=O) groups is 1. The highest BCUT2D eigenvalue weighted by Gasteiger charge is 2.12. The molecule has 0 aliphatic carbocycles. The zero-order chi connectivity index (χ0) is 16.1. The third-order valence-electron chi connectivity index (χ3n) is 3.28. The number of nitrogens with one attached hydrogen (secondary N) is 1. The molecule has 1 aromatic heterocycles. The molecule has 23 heavy (non-hydrogen) atoms. The molecule has 6 heteroatoms. The Balaban J connectivity index is 1.73. The summed E-state index contributed by atoms with van der Waals surface area (Å²) in [7, 11) is 0. The lowest BCUT2D eigenvalue weighted by molar-refractivity contribution is 0.0944. The molecule has 0 saturated heterocycles. The fourth-order valence-electron chi connectivity index (χ4n) is 2.18. The number of amides is 1. The van der Waals surface area contributed by atoms with E-state index in [1.54, 1.807) is 6.07 Å². The van der Waals surface area contributed by atoms with E-state index in [4.69, 9.17) is 9.52 Å². The number of aromatic nitrogens is 1. The number of fused-ring (bicyclic) bond motifs is 1. The van der Waals surface area contributed by atoms with Gasteiger partial charge in [-0.2, -0.15) is 0 Å². The van der Waals surface area contributed by atoms with Crippen molar-refractivity contribution < 1.29 is 14.3 Å². The van der Waals surface area contributed by atoms with Gasteiger partial charge in [-0.15, -0.1) is 0 Å². The van der Waals surface area contributed by atoms with Gasteiger partial charge in [0.2, 0.25) is 0 Å². The first-order valence-electron chi connectivity index (χ1n) is 7.23. The summed E-state index contributed by atoms with van der Waals surface area (Å²) < 4.78 is 5.67. The van der Waals surface area contributed by atoms with E-state index in [-0.39, 0.29) is 19.1 Å². The van der Waals surface area contributed by atoms with Gasteiger partial charge in [0.25, 0.3) is 11.1 Å². The molecule has 0 spiro atoms. The summed E-state index contributed by atoms with van der Waals surface area (Å²) in [4.78, 5) is 16.5. The van der Waals surface area contributed by atoms with E-state index in [1.165, 1.54) is 11.8 Å². The van der Waals surface area contributed by atoms with Crippen LogP contribution in [0.15, 0.2) is 58.2 Å². The molecule has 5 nitrogen and oxygen atoms in total. The second kappa shape index (κ2) is 7.30. The second-order valence-corrected chi connectivity index (χ2v) is 5.80. The van der Waals surface area contributed by atoms with Gasteiger partial charge in [-0.25, -0.2) is 4.98 Å². The van der Waals surface area contributed by atoms with E-state index >= 15 is 0 Å². The van der Waals surface area contributed by atoms with Gasteiger partial charge in [0, 0.05) is 17.9 Å². The maximum atomic E-state index is 12.1. The van der Waals surface area contributed by atoms with Crippen LogP contribution in [0, 0.1) is 0 Å². The number of carbonyl (C=O) groups excluding carboxylic acids is 1. The standard InChI is InChI=1S/C17H16N2O3S/c20-10-9-18-16(21)13-6-2-1-5-12(13)11-23-17-19-14-7-3-4-8-15(14)22-17/h1-8,20H,9-11H2,(H,18,21). The lowest BCUT2D eigenvalue weighted by Gasteiger charge is -2.08. The minimum Gasteiger partial charge on any atom is -0.431 e. The van der Waals surface area contributed by atoms with E-state index in [1.807, 2.05) is 42.5 Å². The third-order valence-corrected chi connectivity index (χ3v) is 4.16. The quantitative estimate of drug-likeness (QED) is 0.681. The van der Waals surface area contributed by atoms with Crippen LogP contribution in [-0.2, 0) is 5.75 Å². The molecule has 0 saturated carbocycles. The Hall–Kier alpha value is -2.31. The molecule has 3 aromatic rings. The minimum absolute atomic E-state index is 0.0778. The fraction of sp³-hybridized carbons (Fsp3) is 0.176. The largest absolute Gasteiger partial charge is 0.431 e. The molecule has 0 atom stereocenters. The smallest absolute Gasteiger partial charge is 0.257 e. The molecule has 1 heterocycles. The molecule has 3 rings (SSSR count). The number of benzene rings is 2. The van der Waals surface area contributed by atoms with Crippen LogP contribution in [0.4, 0.5) is 0 Å². The van der Waals surface area contributed by atoms with Crippen LogP contribution < -0.4 is 5.32 Å². The highest BCUT2D eigenvalue weighted by molar-refractivity contribution is 7.98. The van der Waals surface area contributed by atoms with Crippen LogP contribution in [0.2, 0.25) is 0 Å². The van der Waals surface area contributed by atoms with Crippen molar-refractivity contribution in [2.45, 2.75) is 11.0 Å². The number of aliphatic hydroxyl groups is 1. The number of thioether (sulfide) groups is 1. The van der Waals surface area contributed by atoms with Crippen LogP contribution in [0.5, 0.6) is 0 Å². The SMILES string of the molecule is O=C(NCCO)c1ccccc1CSc1nc2ccccc2o1. The van der Waals surface area contributed by atoms with Crippen LogP contribution in [0.3, 0.4) is 0 Å². The van der Waals surface area contributed by atoms with Gasteiger partial charge in [0.15, 0.2) is 5.58 Å². The van der Waals surface area contributed by atoms with Crippen molar-refractivity contribution in [1.82, 2.24) is 10.3 Å². The molecule has 2 aromatic carbocycles. The summed E-state index contributed by atoms with van der Waals surface area (Å²) in [6.45, 7) is 0.164. The van der Waals surface area contributed by atoms with Crippen LogP contribution >= 0.6 is 11.8 Å². The molecule has 1 amide bonds. The first kappa shape index (κ1) is 15.6. The van der Waals surface area contributed by atoms with Crippen LogP contribution in [-0.4, -0.2) is 29.1 Å². The first-order valence-corrected chi connectivity index (χ1v) is 8.22. The predicted molar refractivity (Wildman–Crippen MR) is 89.4 cm³/mol. The normalized spacial score (nSPS) is 10.8. The van der Waals surface area contributed by atoms with E-state index in [0.29, 0.717) is 16.5 Å². The Morgan fingerprint density at radius 3 is 2.78 bits per heavy atom. The monoisotopic (exact) mass is 328 g/mol. The van der Waals surface area contributed by atoms with Gasteiger partial charge < -0.3 is 14.8 Å². The zero-order valence-corrected chi connectivity index (χ0v) is 13.2. The van der Waals surface area contributed by atoms with Gasteiger partial charge in [-0.3, -0.25) is 4.79 Å². The molecule has 0 fully saturated rings.